The Hall–Kier alpha value is -5.27. The molecular weight excluding hydrogens is 771 g/mol. The van der Waals surface area contributed by atoms with Crippen LogP contribution in [0.15, 0.2) is 54.9 Å². The summed E-state index contributed by atoms with van der Waals surface area (Å²) in [5.41, 5.74) is 10.5. The van der Waals surface area contributed by atoms with Crippen LogP contribution in [0.3, 0.4) is 0 Å². The van der Waals surface area contributed by atoms with Gasteiger partial charge in [-0.25, -0.2) is 5.43 Å². The van der Waals surface area contributed by atoms with Crippen LogP contribution in [0.25, 0.3) is 33.3 Å². The van der Waals surface area contributed by atoms with Crippen LogP contribution in [0.2, 0.25) is 0 Å². The van der Waals surface area contributed by atoms with Crippen molar-refractivity contribution < 1.29 is 29.0 Å². The number of aromatic hydroxyl groups is 1. The number of nitrogens with zero attached hydrogens (tertiary/aromatic N) is 4. The third-order valence-electron chi connectivity index (χ3n) is 12.7. The Bertz CT molecular complexity index is 2280. The van der Waals surface area contributed by atoms with E-state index in [-0.39, 0.29) is 36.5 Å². The van der Waals surface area contributed by atoms with Gasteiger partial charge in [0.25, 0.3) is 5.91 Å². The van der Waals surface area contributed by atoms with Gasteiger partial charge >= 0.3 is 5.97 Å². The molecule has 0 radical (unpaired) electrons. The largest absolute Gasteiger partial charge is 0.508 e. The Balaban J connectivity index is 1.33. The van der Waals surface area contributed by atoms with E-state index in [0.717, 1.165) is 71.2 Å². The third kappa shape index (κ3) is 9.33. The molecule has 0 saturated carbocycles. The van der Waals surface area contributed by atoms with Crippen molar-refractivity contribution in [2.75, 3.05) is 33.3 Å². The Morgan fingerprint density at radius 2 is 1.87 bits per heavy atom. The lowest BCUT2D eigenvalue weighted by Gasteiger charge is -2.37. The molecule has 4 aromatic rings. The minimum Gasteiger partial charge on any atom is -0.508 e. The number of amides is 3. The molecule has 0 unspecified atom stereocenters. The molecule has 61 heavy (non-hydrogen) atoms. The fraction of sp³-hybridized carbons (Fsp3) is 0.521. The van der Waals surface area contributed by atoms with Crippen LogP contribution in [0, 0.1) is 17.3 Å². The van der Waals surface area contributed by atoms with E-state index in [1.807, 2.05) is 32.3 Å². The van der Waals surface area contributed by atoms with Gasteiger partial charge in [0, 0.05) is 67.4 Å². The number of rotatable bonds is 8. The predicted octanol–water partition coefficient (Wildman–Crippen LogP) is 5.79. The van der Waals surface area contributed by atoms with Crippen LogP contribution in [0.1, 0.15) is 83.9 Å². The number of benzene rings is 2. The lowest BCUT2D eigenvalue weighted by Crippen LogP contribution is -2.62. The van der Waals surface area contributed by atoms with Crippen molar-refractivity contribution in [2.45, 2.75) is 111 Å². The number of hydrazine groups is 1. The molecule has 0 aliphatic carbocycles. The Morgan fingerprint density at radius 1 is 1.07 bits per heavy atom. The van der Waals surface area contributed by atoms with E-state index in [4.69, 9.17) is 4.74 Å². The zero-order valence-corrected chi connectivity index (χ0v) is 36.8. The van der Waals surface area contributed by atoms with Crippen molar-refractivity contribution in [3.05, 3.63) is 71.5 Å². The van der Waals surface area contributed by atoms with Gasteiger partial charge in [-0.1, -0.05) is 46.8 Å². The maximum absolute atomic E-state index is 14.6. The van der Waals surface area contributed by atoms with Crippen LogP contribution in [0.5, 0.6) is 5.75 Å². The van der Waals surface area contributed by atoms with Gasteiger partial charge in [0.15, 0.2) is 0 Å². The number of hydrogen-bond acceptors (Lipinski definition) is 9. The third-order valence-corrected chi connectivity index (χ3v) is 12.7. The number of carbonyl (C=O) groups excluding carboxylic acids is 4. The molecule has 3 aliphatic heterocycles. The summed E-state index contributed by atoms with van der Waals surface area (Å²) in [6.07, 6.45) is 7.92. The lowest BCUT2D eigenvalue weighted by atomic mass is 9.84. The molecule has 2 saturated heterocycles. The van der Waals surface area contributed by atoms with Gasteiger partial charge in [-0.3, -0.25) is 29.2 Å². The van der Waals surface area contributed by atoms with E-state index in [0.29, 0.717) is 37.9 Å². The monoisotopic (exact) mass is 833 g/mol. The zero-order chi connectivity index (χ0) is 43.6. The molecule has 3 amide bonds. The molecule has 7 rings (SSSR count). The van der Waals surface area contributed by atoms with Crippen molar-refractivity contribution in [2.24, 2.45) is 17.3 Å². The number of nitrogens with one attached hydrogen (secondary N) is 3. The highest BCUT2D eigenvalue weighted by atomic mass is 16.5. The summed E-state index contributed by atoms with van der Waals surface area (Å²) in [5.74, 6) is -1.88. The first-order chi connectivity index (χ1) is 29.2. The molecule has 2 aromatic carbocycles. The first-order valence-corrected chi connectivity index (χ1v) is 22.1. The molecular formula is C48H63N7O6. The predicted molar refractivity (Wildman–Crippen MR) is 236 cm³/mol. The summed E-state index contributed by atoms with van der Waals surface area (Å²) >= 11 is 0. The topological polar surface area (TPSA) is 158 Å². The number of esters is 1. The van der Waals surface area contributed by atoms with Gasteiger partial charge in [0.2, 0.25) is 11.8 Å². The second-order valence-electron chi connectivity index (χ2n) is 18.3. The Morgan fingerprint density at radius 3 is 2.59 bits per heavy atom. The Labute approximate surface area is 359 Å². The lowest BCUT2D eigenvalue weighted by molar-refractivity contribution is -0.155. The van der Waals surface area contributed by atoms with Crippen molar-refractivity contribution >= 4 is 34.6 Å². The number of pyridine rings is 1. The number of ether oxygens (including phenoxy) is 1. The number of hydrogen-bond donors (Lipinski definition) is 4. The van der Waals surface area contributed by atoms with Crippen molar-refractivity contribution in [1.29, 1.82) is 0 Å². The highest BCUT2D eigenvalue weighted by Gasteiger charge is 2.39. The van der Waals surface area contributed by atoms with Crippen molar-refractivity contribution in [3.63, 3.8) is 0 Å². The average Bonchev–Trinajstić information content (AvgIpc) is 3.55. The van der Waals surface area contributed by atoms with Crippen LogP contribution < -0.4 is 16.1 Å². The molecule has 3 aliphatic rings. The molecule has 2 aromatic heterocycles. The first kappa shape index (κ1) is 43.8. The summed E-state index contributed by atoms with van der Waals surface area (Å²) in [6, 6.07) is 11.0. The number of piperidine rings is 1. The molecule has 326 valence electrons. The fourth-order valence-corrected chi connectivity index (χ4v) is 9.63. The van der Waals surface area contributed by atoms with Crippen LogP contribution >= 0.6 is 0 Å². The van der Waals surface area contributed by atoms with Gasteiger partial charge in [-0.05, 0) is 116 Å². The molecule has 13 nitrogen and oxygen atoms in total. The number of aryl methyl sites for hydroxylation is 2. The molecule has 4 atom stereocenters. The number of phenols is 1. The summed E-state index contributed by atoms with van der Waals surface area (Å²) in [6.45, 7) is 14.9. The normalized spacial score (nSPS) is 21.4. The number of phenolic OH excluding ortho intramolecular Hbond substituents is 1. The van der Waals surface area contributed by atoms with Gasteiger partial charge in [-0.2, -0.15) is 0 Å². The molecule has 2 fully saturated rings. The van der Waals surface area contributed by atoms with Gasteiger partial charge < -0.3 is 29.9 Å². The van der Waals surface area contributed by atoms with E-state index in [1.165, 1.54) is 15.5 Å². The van der Waals surface area contributed by atoms with Gasteiger partial charge in [0.1, 0.15) is 23.9 Å². The standard InChI is InChI=1S/C48H63N7O6/c1-8-31-16-18-50-27-38(31)43-37-25-48(5,6)28-61-47(60)39-13-11-19-55(52-39)46(59)40(51-44(57)42(29(3)4)53(7)45(58)33-12-10-17-49-26-33)22-30-20-34(23-35(56)21-30)32-14-15-41(36(37)24-32)54(43)9-2/h14-16,18,20-21,23-24,27,29,33,39-40,42,49,52,56H,8-13,17,19,22,25-26,28H2,1-7H3,(H,51,57)/t33-,39+,40+,42+/m1/s1. The molecule has 6 bridgehead atoms. The van der Waals surface area contributed by atoms with Crippen molar-refractivity contribution in [1.82, 2.24) is 35.5 Å². The molecule has 0 spiro atoms. The number of aromatic nitrogens is 2. The summed E-state index contributed by atoms with van der Waals surface area (Å²) < 4.78 is 8.43. The number of cyclic esters (lactones) is 1. The summed E-state index contributed by atoms with van der Waals surface area (Å²) in [7, 11) is 1.66. The Kier molecular flexibility index (Phi) is 13.2. The van der Waals surface area contributed by atoms with E-state index >= 15 is 0 Å². The second-order valence-corrected chi connectivity index (χ2v) is 18.3. The quantitative estimate of drug-likeness (QED) is 0.162. The minimum atomic E-state index is -1.09. The van der Waals surface area contributed by atoms with E-state index in [1.54, 1.807) is 19.2 Å². The maximum Gasteiger partial charge on any atom is 0.324 e. The van der Waals surface area contributed by atoms with Crippen LogP contribution in [0.4, 0.5) is 0 Å². The van der Waals surface area contributed by atoms with Crippen LogP contribution in [-0.4, -0.2) is 99.7 Å². The van der Waals surface area contributed by atoms with E-state index < -0.39 is 41.3 Å². The SMILES string of the molecule is CCc1ccncc1-c1c2c3cc(ccc3n1CC)-c1cc(O)cc(c1)C[C@H](NC(=O)[C@H](C(C)C)N(C)C(=O)[C@@H]1CCCNC1)C(=O)N1CCC[C@H](N1)C(=O)OCC(C)(C)C2. The van der Waals surface area contributed by atoms with Crippen LogP contribution in [-0.2, 0) is 49.7 Å². The average molecular weight is 834 g/mol. The number of carbonyl (C=O) groups is 4. The first-order valence-electron chi connectivity index (χ1n) is 22.1. The molecule has 5 heterocycles. The van der Waals surface area contributed by atoms with Gasteiger partial charge in [0.05, 0.1) is 18.2 Å². The number of likely N-dealkylation sites (N-methyl/N-ethyl adjacent to an activating group) is 1. The van der Waals surface area contributed by atoms with E-state index in [2.05, 4.69) is 77.6 Å². The van der Waals surface area contributed by atoms with E-state index in [9.17, 15) is 24.3 Å². The summed E-state index contributed by atoms with van der Waals surface area (Å²) in [4.78, 5) is 62.7. The number of fused-ring (bicyclic) bond motifs is 6. The smallest absolute Gasteiger partial charge is 0.324 e. The fourth-order valence-electron chi connectivity index (χ4n) is 9.63. The maximum atomic E-state index is 14.6. The molecule has 13 heteroatoms. The van der Waals surface area contributed by atoms with Gasteiger partial charge in [-0.15, -0.1) is 0 Å². The molecule has 4 N–H and O–H groups in total. The second kappa shape index (κ2) is 18.4. The highest BCUT2D eigenvalue weighted by molar-refractivity contribution is 5.96. The minimum absolute atomic E-state index is 0.0287. The van der Waals surface area contributed by atoms with Crippen molar-refractivity contribution in [3.8, 4) is 28.1 Å². The summed E-state index contributed by atoms with van der Waals surface area (Å²) in [5, 5.41) is 20.1. The highest BCUT2D eigenvalue weighted by Crippen LogP contribution is 2.41. The zero-order valence-electron chi connectivity index (χ0n) is 36.8.